The molecule has 2 heterocycles. The molecule has 0 saturated heterocycles. The van der Waals surface area contributed by atoms with Crippen molar-refractivity contribution in [3.8, 4) is 34.0 Å². The SMILES string of the molecule is O=c1c(Oc2ccc(-c3ccc(F)cc3F)cc2)c(-n2ccnc2)cnn1-c1ccc(Cl)cc1. The maximum atomic E-state index is 14.1. The summed E-state index contributed by atoms with van der Waals surface area (Å²) in [7, 11) is 0. The summed E-state index contributed by atoms with van der Waals surface area (Å²) in [5, 5.41) is 4.80. The molecular weight excluding hydrogens is 462 g/mol. The fourth-order valence-corrected chi connectivity index (χ4v) is 3.55. The maximum absolute atomic E-state index is 14.1. The quantitative estimate of drug-likeness (QED) is 0.321. The number of hydrogen-bond acceptors (Lipinski definition) is 4. The normalized spacial score (nSPS) is 10.9. The molecule has 0 aliphatic rings. The first-order chi connectivity index (χ1) is 16.5. The Hall–Kier alpha value is -4.30. The van der Waals surface area contributed by atoms with Crippen molar-refractivity contribution >= 4 is 11.6 Å². The number of halogens is 3. The van der Waals surface area contributed by atoms with Gasteiger partial charge in [-0.1, -0.05) is 23.7 Å². The molecule has 0 N–H and O–H groups in total. The number of rotatable bonds is 5. The Bertz CT molecular complexity index is 1520. The molecule has 0 aliphatic heterocycles. The molecule has 0 aliphatic carbocycles. The highest BCUT2D eigenvalue weighted by Gasteiger charge is 2.17. The van der Waals surface area contributed by atoms with Crippen LogP contribution in [-0.4, -0.2) is 19.3 Å². The van der Waals surface area contributed by atoms with Crippen molar-refractivity contribution in [3.63, 3.8) is 0 Å². The molecule has 5 rings (SSSR count). The van der Waals surface area contributed by atoms with E-state index in [0.717, 1.165) is 6.07 Å². The van der Waals surface area contributed by atoms with Crippen LogP contribution in [0.4, 0.5) is 8.78 Å². The Morgan fingerprint density at radius 1 is 0.941 bits per heavy atom. The first-order valence-electron chi connectivity index (χ1n) is 10.1. The molecule has 0 radical (unpaired) electrons. The summed E-state index contributed by atoms with van der Waals surface area (Å²) >= 11 is 5.96. The summed E-state index contributed by atoms with van der Waals surface area (Å²) in [6, 6.07) is 16.5. The molecule has 0 atom stereocenters. The number of imidazole rings is 1. The minimum Gasteiger partial charge on any atom is -0.449 e. The fourth-order valence-electron chi connectivity index (χ4n) is 3.42. The fraction of sp³-hybridized carbons (Fsp3) is 0. The van der Waals surface area contributed by atoms with Gasteiger partial charge in [-0.15, -0.1) is 0 Å². The highest BCUT2D eigenvalue weighted by atomic mass is 35.5. The molecule has 0 unspecified atom stereocenters. The van der Waals surface area contributed by atoms with Crippen molar-refractivity contribution in [2.24, 2.45) is 0 Å². The van der Waals surface area contributed by atoms with Gasteiger partial charge in [-0.05, 0) is 54.1 Å². The van der Waals surface area contributed by atoms with Gasteiger partial charge in [0, 0.05) is 29.0 Å². The zero-order chi connectivity index (χ0) is 23.7. The summed E-state index contributed by atoms with van der Waals surface area (Å²) in [5.41, 5.74) is 1.19. The van der Waals surface area contributed by atoms with Gasteiger partial charge in [0.2, 0.25) is 5.75 Å². The highest BCUT2D eigenvalue weighted by Crippen LogP contribution is 2.29. The topological polar surface area (TPSA) is 61.9 Å². The molecule has 0 bridgehead atoms. The first kappa shape index (κ1) is 21.5. The number of hydrogen-bond donors (Lipinski definition) is 0. The lowest BCUT2D eigenvalue weighted by Crippen LogP contribution is -2.23. The van der Waals surface area contributed by atoms with Crippen molar-refractivity contribution in [3.05, 3.63) is 119 Å². The number of aromatic nitrogens is 4. The second kappa shape index (κ2) is 8.92. The smallest absolute Gasteiger partial charge is 0.316 e. The van der Waals surface area contributed by atoms with Crippen LogP contribution in [-0.2, 0) is 0 Å². The van der Waals surface area contributed by atoms with Crippen LogP contribution in [0.5, 0.6) is 11.5 Å². The van der Waals surface area contributed by atoms with Crippen molar-refractivity contribution in [1.82, 2.24) is 19.3 Å². The molecule has 9 heteroatoms. The van der Waals surface area contributed by atoms with Gasteiger partial charge >= 0.3 is 5.56 Å². The summed E-state index contributed by atoms with van der Waals surface area (Å²) in [4.78, 5) is 17.4. The van der Waals surface area contributed by atoms with Gasteiger partial charge in [0.25, 0.3) is 0 Å². The van der Waals surface area contributed by atoms with E-state index in [4.69, 9.17) is 16.3 Å². The molecule has 0 amide bonds. The third-order valence-corrected chi connectivity index (χ3v) is 5.34. The van der Waals surface area contributed by atoms with E-state index in [9.17, 15) is 13.6 Å². The Morgan fingerprint density at radius 3 is 2.38 bits per heavy atom. The van der Waals surface area contributed by atoms with E-state index < -0.39 is 17.2 Å². The van der Waals surface area contributed by atoms with Crippen LogP contribution in [0.2, 0.25) is 5.02 Å². The highest BCUT2D eigenvalue weighted by molar-refractivity contribution is 6.30. The van der Waals surface area contributed by atoms with E-state index >= 15 is 0 Å². The van der Waals surface area contributed by atoms with E-state index in [1.54, 1.807) is 65.5 Å². The van der Waals surface area contributed by atoms with Crippen LogP contribution >= 0.6 is 11.6 Å². The van der Waals surface area contributed by atoms with Crippen molar-refractivity contribution in [2.75, 3.05) is 0 Å². The number of nitrogens with zero attached hydrogens (tertiary/aromatic N) is 4. The van der Waals surface area contributed by atoms with Crippen molar-refractivity contribution in [2.45, 2.75) is 0 Å². The zero-order valence-electron chi connectivity index (χ0n) is 17.4. The number of ether oxygens (including phenoxy) is 1. The molecule has 168 valence electrons. The lowest BCUT2D eigenvalue weighted by Gasteiger charge is -2.14. The lowest BCUT2D eigenvalue weighted by molar-refractivity contribution is 0.464. The Morgan fingerprint density at radius 2 is 1.71 bits per heavy atom. The standard InChI is InChI=1S/C25H15ClF2N4O2/c26-17-3-6-19(7-4-17)32-25(33)24(23(14-30-32)31-12-11-29-15-31)34-20-8-1-16(2-9-20)21-10-5-18(27)13-22(21)28/h1-15H. The third-order valence-electron chi connectivity index (χ3n) is 5.08. The predicted octanol–water partition coefficient (Wildman–Crippen LogP) is 5.81. The molecule has 0 spiro atoms. The number of benzene rings is 3. The zero-order valence-corrected chi connectivity index (χ0v) is 18.2. The largest absolute Gasteiger partial charge is 0.449 e. The van der Waals surface area contributed by atoms with Crippen LogP contribution in [0.3, 0.4) is 0 Å². The van der Waals surface area contributed by atoms with Crippen LogP contribution in [0.15, 0.2) is 96.4 Å². The van der Waals surface area contributed by atoms with E-state index in [0.29, 0.717) is 27.7 Å². The minimum absolute atomic E-state index is 0.0173. The van der Waals surface area contributed by atoms with E-state index in [-0.39, 0.29) is 11.3 Å². The second-order valence-electron chi connectivity index (χ2n) is 7.27. The molecule has 34 heavy (non-hydrogen) atoms. The van der Waals surface area contributed by atoms with Crippen LogP contribution in [0.25, 0.3) is 22.5 Å². The Kier molecular flexibility index (Phi) is 5.65. The van der Waals surface area contributed by atoms with E-state index in [1.165, 1.54) is 29.3 Å². The average molecular weight is 477 g/mol. The monoisotopic (exact) mass is 476 g/mol. The molecule has 2 aromatic heterocycles. The molecule has 0 saturated carbocycles. The first-order valence-corrected chi connectivity index (χ1v) is 10.5. The second-order valence-corrected chi connectivity index (χ2v) is 7.71. The molecule has 6 nitrogen and oxygen atoms in total. The maximum Gasteiger partial charge on any atom is 0.316 e. The average Bonchev–Trinajstić information content (AvgIpc) is 3.37. The van der Waals surface area contributed by atoms with Gasteiger partial charge in [-0.3, -0.25) is 4.79 Å². The summed E-state index contributed by atoms with van der Waals surface area (Å²) in [6.07, 6.45) is 6.25. The van der Waals surface area contributed by atoms with Gasteiger partial charge in [0.15, 0.2) is 0 Å². The summed E-state index contributed by atoms with van der Waals surface area (Å²) in [5.74, 6) is -0.957. The molecule has 5 aromatic rings. The van der Waals surface area contributed by atoms with Gasteiger partial charge in [0.1, 0.15) is 23.1 Å². The van der Waals surface area contributed by atoms with E-state index in [2.05, 4.69) is 10.1 Å². The van der Waals surface area contributed by atoms with Crippen molar-refractivity contribution in [1.29, 1.82) is 0 Å². The summed E-state index contributed by atoms with van der Waals surface area (Å²) in [6.45, 7) is 0. The predicted molar refractivity (Wildman–Crippen MR) is 124 cm³/mol. The van der Waals surface area contributed by atoms with Gasteiger partial charge in [0.05, 0.1) is 18.2 Å². The Balaban J connectivity index is 1.55. The van der Waals surface area contributed by atoms with Crippen LogP contribution in [0.1, 0.15) is 0 Å². The molecule has 3 aromatic carbocycles. The Labute approximate surface area is 197 Å². The van der Waals surface area contributed by atoms with Crippen LogP contribution < -0.4 is 10.3 Å². The van der Waals surface area contributed by atoms with Crippen molar-refractivity contribution < 1.29 is 13.5 Å². The minimum atomic E-state index is -0.670. The van der Waals surface area contributed by atoms with Gasteiger partial charge < -0.3 is 9.30 Å². The summed E-state index contributed by atoms with van der Waals surface area (Å²) < 4.78 is 36.2. The lowest BCUT2D eigenvalue weighted by atomic mass is 10.1. The van der Waals surface area contributed by atoms with Crippen LogP contribution in [0, 0.1) is 11.6 Å². The molecular formula is C25H15ClF2N4O2. The molecule has 0 fully saturated rings. The van der Waals surface area contributed by atoms with E-state index in [1.807, 2.05) is 0 Å². The van der Waals surface area contributed by atoms with Gasteiger partial charge in [-0.25, -0.2) is 13.8 Å². The third kappa shape index (κ3) is 4.18. The van der Waals surface area contributed by atoms with Gasteiger partial charge in [-0.2, -0.15) is 9.78 Å².